The number of rotatable bonds is 4. The summed E-state index contributed by atoms with van der Waals surface area (Å²) >= 11 is 0. The van der Waals surface area contributed by atoms with E-state index in [9.17, 15) is 19.2 Å². The van der Waals surface area contributed by atoms with E-state index in [4.69, 9.17) is 10.2 Å². The number of benzene rings is 1. The van der Waals surface area contributed by atoms with Gasteiger partial charge in [0.15, 0.2) is 0 Å². The highest BCUT2D eigenvalue weighted by Gasteiger charge is 2.39. The average molecular weight is 275 g/mol. The number of nitrogens with zero attached hydrogens (tertiary/aromatic N) is 1. The molecule has 0 unspecified atom stereocenters. The van der Waals surface area contributed by atoms with Crippen LogP contribution in [0.5, 0.6) is 0 Å². The maximum atomic E-state index is 12.1. The SMILES string of the molecule is O=C(O)C/C=C(\C(=O)O)N1C(=O)c2ccccc2C1=O. The molecule has 0 radical (unpaired) electrons. The fourth-order valence-corrected chi connectivity index (χ4v) is 1.87. The summed E-state index contributed by atoms with van der Waals surface area (Å²) in [5.74, 6) is -4.35. The normalized spacial score (nSPS) is 14.4. The number of fused-ring (bicyclic) bond motifs is 1. The van der Waals surface area contributed by atoms with Gasteiger partial charge in [-0.1, -0.05) is 12.1 Å². The first-order valence-electron chi connectivity index (χ1n) is 5.56. The van der Waals surface area contributed by atoms with Crippen LogP contribution in [0.3, 0.4) is 0 Å². The first kappa shape index (κ1) is 13.5. The first-order valence-corrected chi connectivity index (χ1v) is 5.56. The van der Waals surface area contributed by atoms with Gasteiger partial charge in [-0.25, -0.2) is 9.69 Å². The maximum absolute atomic E-state index is 12.1. The molecule has 0 fully saturated rings. The number of aliphatic carboxylic acids is 2. The van der Waals surface area contributed by atoms with Crippen molar-refractivity contribution in [3.05, 3.63) is 47.2 Å². The molecule has 1 aromatic carbocycles. The molecular formula is C13H9NO6. The minimum atomic E-state index is -1.54. The van der Waals surface area contributed by atoms with Crippen LogP contribution in [0.25, 0.3) is 0 Å². The summed E-state index contributed by atoms with van der Waals surface area (Å²) in [7, 11) is 0. The minimum Gasteiger partial charge on any atom is -0.481 e. The average Bonchev–Trinajstić information content (AvgIpc) is 2.64. The van der Waals surface area contributed by atoms with Gasteiger partial charge in [-0.05, 0) is 18.2 Å². The summed E-state index contributed by atoms with van der Waals surface area (Å²) in [5.41, 5.74) is -0.460. The lowest BCUT2D eigenvalue weighted by Crippen LogP contribution is -2.33. The topological polar surface area (TPSA) is 112 Å². The molecule has 1 aliphatic rings. The minimum absolute atomic E-state index is 0.0972. The van der Waals surface area contributed by atoms with Crippen LogP contribution in [0.4, 0.5) is 0 Å². The number of carbonyl (C=O) groups is 4. The smallest absolute Gasteiger partial charge is 0.352 e. The van der Waals surface area contributed by atoms with Gasteiger partial charge in [0.1, 0.15) is 5.70 Å². The Morgan fingerprint density at radius 3 is 1.95 bits per heavy atom. The van der Waals surface area contributed by atoms with E-state index in [0.717, 1.165) is 6.08 Å². The lowest BCUT2D eigenvalue weighted by molar-refractivity contribution is -0.136. The standard InChI is InChI=1S/C13H9NO6/c15-10(16)6-5-9(13(19)20)14-11(17)7-3-1-2-4-8(7)12(14)18/h1-5H,6H2,(H,15,16)(H,19,20)/b9-5+. The van der Waals surface area contributed by atoms with Crippen molar-refractivity contribution >= 4 is 23.8 Å². The third kappa shape index (κ3) is 2.16. The second-order valence-corrected chi connectivity index (χ2v) is 3.98. The van der Waals surface area contributed by atoms with E-state index >= 15 is 0 Å². The van der Waals surface area contributed by atoms with Gasteiger partial charge >= 0.3 is 11.9 Å². The van der Waals surface area contributed by atoms with Crippen LogP contribution in [0.15, 0.2) is 36.0 Å². The molecule has 2 amide bonds. The van der Waals surface area contributed by atoms with Crippen molar-refractivity contribution in [2.75, 3.05) is 0 Å². The van der Waals surface area contributed by atoms with Crippen LogP contribution < -0.4 is 0 Å². The van der Waals surface area contributed by atoms with Gasteiger partial charge in [0.25, 0.3) is 11.8 Å². The van der Waals surface area contributed by atoms with Crippen molar-refractivity contribution < 1.29 is 29.4 Å². The zero-order chi connectivity index (χ0) is 14.9. The fraction of sp³-hybridized carbons (Fsp3) is 0.0769. The van der Waals surface area contributed by atoms with Gasteiger partial charge in [-0.3, -0.25) is 14.4 Å². The van der Waals surface area contributed by atoms with Crippen molar-refractivity contribution in [2.24, 2.45) is 0 Å². The van der Waals surface area contributed by atoms with Crippen molar-refractivity contribution in [3.63, 3.8) is 0 Å². The van der Waals surface area contributed by atoms with Crippen LogP contribution in [0, 0.1) is 0 Å². The Hall–Kier alpha value is -2.96. The molecule has 0 bridgehead atoms. The number of carboxylic acids is 2. The predicted octanol–water partition coefficient (Wildman–Crippen LogP) is 0.726. The maximum Gasteiger partial charge on any atom is 0.352 e. The Morgan fingerprint density at radius 2 is 1.55 bits per heavy atom. The van der Waals surface area contributed by atoms with Crippen LogP contribution in [-0.2, 0) is 9.59 Å². The molecular weight excluding hydrogens is 266 g/mol. The summed E-state index contributed by atoms with van der Waals surface area (Å²) in [4.78, 5) is 46.2. The summed E-state index contributed by atoms with van der Waals surface area (Å²) in [6, 6.07) is 5.92. The summed E-state index contributed by atoms with van der Waals surface area (Å²) in [6.45, 7) is 0. The van der Waals surface area contributed by atoms with Gasteiger partial charge < -0.3 is 10.2 Å². The monoisotopic (exact) mass is 275 g/mol. The molecule has 2 N–H and O–H groups in total. The molecule has 1 aromatic rings. The van der Waals surface area contributed by atoms with Crippen LogP contribution >= 0.6 is 0 Å². The van der Waals surface area contributed by atoms with Crippen LogP contribution in [0.1, 0.15) is 27.1 Å². The Morgan fingerprint density at radius 1 is 1.05 bits per heavy atom. The molecule has 0 aromatic heterocycles. The zero-order valence-corrected chi connectivity index (χ0v) is 10.1. The molecule has 0 saturated heterocycles. The highest BCUT2D eigenvalue weighted by atomic mass is 16.4. The summed E-state index contributed by atoms with van der Waals surface area (Å²) in [5, 5.41) is 17.6. The first-order chi connectivity index (χ1) is 9.43. The van der Waals surface area contributed by atoms with E-state index in [1.807, 2.05) is 0 Å². The predicted molar refractivity (Wildman–Crippen MR) is 64.9 cm³/mol. The second kappa shape index (κ2) is 4.96. The zero-order valence-electron chi connectivity index (χ0n) is 10.1. The van der Waals surface area contributed by atoms with E-state index in [0.29, 0.717) is 4.90 Å². The number of imide groups is 1. The van der Waals surface area contributed by atoms with Gasteiger partial charge in [-0.15, -0.1) is 0 Å². The molecule has 20 heavy (non-hydrogen) atoms. The molecule has 0 saturated carbocycles. The molecule has 102 valence electrons. The molecule has 2 rings (SSSR count). The van der Waals surface area contributed by atoms with Gasteiger partial charge in [-0.2, -0.15) is 0 Å². The van der Waals surface area contributed by atoms with Crippen LogP contribution in [-0.4, -0.2) is 38.9 Å². The molecule has 7 heteroatoms. The number of hydrogen-bond acceptors (Lipinski definition) is 4. The summed E-state index contributed by atoms with van der Waals surface area (Å²) < 4.78 is 0. The lowest BCUT2D eigenvalue weighted by atomic mass is 10.1. The Bertz CT molecular complexity index is 626. The molecule has 0 spiro atoms. The lowest BCUT2D eigenvalue weighted by Gasteiger charge is -2.14. The van der Waals surface area contributed by atoms with Crippen molar-refractivity contribution in [2.45, 2.75) is 6.42 Å². The summed E-state index contributed by atoms with van der Waals surface area (Å²) in [6.07, 6.45) is 0.224. The van der Waals surface area contributed by atoms with E-state index in [1.54, 1.807) is 12.1 Å². The largest absolute Gasteiger partial charge is 0.481 e. The van der Waals surface area contributed by atoms with Gasteiger partial charge in [0.2, 0.25) is 0 Å². The molecule has 0 atom stereocenters. The number of hydrogen-bond donors (Lipinski definition) is 2. The molecule has 7 nitrogen and oxygen atoms in total. The Labute approximate surface area is 112 Å². The third-order valence-electron chi connectivity index (χ3n) is 2.72. The molecule has 0 aliphatic carbocycles. The quantitative estimate of drug-likeness (QED) is 0.618. The molecule has 1 heterocycles. The van der Waals surface area contributed by atoms with E-state index in [1.165, 1.54) is 12.1 Å². The van der Waals surface area contributed by atoms with Crippen molar-refractivity contribution in [3.8, 4) is 0 Å². The van der Waals surface area contributed by atoms with Gasteiger partial charge in [0, 0.05) is 0 Å². The number of carboxylic acid groups (broad SMARTS) is 2. The van der Waals surface area contributed by atoms with E-state index in [-0.39, 0.29) is 11.1 Å². The highest BCUT2D eigenvalue weighted by Crippen LogP contribution is 2.26. The number of carbonyl (C=O) groups excluding carboxylic acids is 2. The molecule has 1 aliphatic heterocycles. The second-order valence-electron chi connectivity index (χ2n) is 3.98. The number of amides is 2. The van der Waals surface area contributed by atoms with Gasteiger partial charge in [0.05, 0.1) is 17.5 Å². The van der Waals surface area contributed by atoms with Crippen LogP contribution in [0.2, 0.25) is 0 Å². The van der Waals surface area contributed by atoms with E-state index < -0.39 is 35.9 Å². The Balaban J connectivity index is 2.45. The highest BCUT2D eigenvalue weighted by molar-refractivity contribution is 6.24. The van der Waals surface area contributed by atoms with Crippen molar-refractivity contribution in [1.29, 1.82) is 0 Å². The van der Waals surface area contributed by atoms with Crippen molar-refractivity contribution in [1.82, 2.24) is 4.90 Å². The third-order valence-corrected chi connectivity index (χ3v) is 2.72. The Kier molecular flexibility index (Phi) is 3.34. The van der Waals surface area contributed by atoms with E-state index in [2.05, 4.69) is 0 Å². The fourth-order valence-electron chi connectivity index (χ4n) is 1.87.